The van der Waals surface area contributed by atoms with Crippen LogP contribution >= 0.6 is 22.9 Å². The van der Waals surface area contributed by atoms with Crippen LogP contribution in [0.5, 0.6) is 0 Å². The fourth-order valence-electron chi connectivity index (χ4n) is 1.97. The molecule has 0 aliphatic heterocycles. The van der Waals surface area contributed by atoms with Gasteiger partial charge in [-0.25, -0.2) is 0 Å². The van der Waals surface area contributed by atoms with Gasteiger partial charge in [0.25, 0.3) is 5.89 Å². The molecular formula is C16H10ClN2O3S-. The summed E-state index contributed by atoms with van der Waals surface area (Å²) in [6, 6.07) is 8.84. The lowest BCUT2D eigenvalue weighted by Gasteiger charge is -2.04. The second-order valence-electron chi connectivity index (χ2n) is 4.71. The first-order chi connectivity index (χ1) is 11.1. The van der Waals surface area contributed by atoms with E-state index in [-0.39, 0.29) is 12.3 Å². The fraction of sp³-hybridized carbons (Fsp3) is 0.0625. The van der Waals surface area contributed by atoms with Gasteiger partial charge in [0, 0.05) is 33.9 Å². The van der Waals surface area contributed by atoms with Gasteiger partial charge < -0.3 is 14.4 Å². The molecule has 0 atom stereocenters. The van der Waals surface area contributed by atoms with Crippen LogP contribution in [0.25, 0.3) is 23.0 Å². The lowest BCUT2D eigenvalue weighted by atomic mass is 10.1. The Labute approximate surface area is 140 Å². The lowest BCUT2D eigenvalue weighted by Crippen LogP contribution is -2.22. The number of benzene rings is 1. The Hall–Kier alpha value is -2.44. The molecule has 0 saturated heterocycles. The van der Waals surface area contributed by atoms with E-state index in [1.807, 2.05) is 16.8 Å². The Morgan fingerprint density at radius 1 is 1.30 bits per heavy atom. The van der Waals surface area contributed by atoms with Crippen LogP contribution < -0.4 is 5.11 Å². The van der Waals surface area contributed by atoms with Crippen LogP contribution in [0.4, 0.5) is 0 Å². The molecular weight excluding hydrogens is 336 g/mol. The summed E-state index contributed by atoms with van der Waals surface area (Å²) in [6.07, 6.45) is 1.34. The van der Waals surface area contributed by atoms with E-state index in [0.717, 1.165) is 11.1 Å². The SMILES string of the molecule is O=C([O-])C/C(=C\c1ccc(Cl)cc1)c1nc(-c2ccsc2)no1. The molecule has 116 valence electrons. The van der Waals surface area contributed by atoms with Crippen molar-refractivity contribution in [3.8, 4) is 11.4 Å². The highest BCUT2D eigenvalue weighted by Gasteiger charge is 2.13. The van der Waals surface area contributed by atoms with E-state index in [1.165, 1.54) is 11.3 Å². The van der Waals surface area contributed by atoms with E-state index in [9.17, 15) is 9.90 Å². The first-order valence-electron chi connectivity index (χ1n) is 6.64. The van der Waals surface area contributed by atoms with Crippen molar-refractivity contribution in [2.24, 2.45) is 0 Å². The molecule has 0 aliphatic rings. The molecule has 0 radical (unpaired) electrons. The highest BCUT2D eigenvalue weighted by atomic mass is 35.5. The van der Waals surface area contributed by atoms with Crippen molar-refractivity contribution in [1.82, 2.24) is 10.1 Å². The summed E-state index contributed by atoms with van der Waals surface area (Å²) < 4.78 is 5.21. The summed E-state index contributed by atoms with van der Waals surface area (Å²) in [5.41, 5.74) is 1.98. The van der Waals surface area contributed by atoms with Crippen LogP contribution in [0, 0.1) is 0 Å². The van der Waals surface area contributed by atoms with Crippen molar-refractivity contribution in [1.29, 1.82) is 0 Å². The average molecular weight is 346 g/mol. The Kier molecular flexibility index (Phi) is 4.55. The second-order valence-corrected chi connectivity index (χ2v) is 5.92. The molecule has 0 saturated carbocycles. The Morgan fingerprint density at radius 3 is 2.74 bits per heavy atom. The molecule has 0 bridgehead atoms. The van der Waals surface area contributed by atoms with Gasteiger partial charge >= 0.3 is 0 Å². The average Bonchev–Trinajstić information content (AvgIpc) is 3.19. The van der Waals surface area contributed by atoms with E-state index in [1.54, 1.807) is 30.3 Å². The predicted octanol–water partition coefficient (Wildman–Crippen LogP) is 3.13. The quantitative estimate of drug-likeness (QED) is 0.709. The maximum absolute atomic E-state index is 11.0. The highest BCUT2D eigenvalue weighted by Crippen LogP contribution is 2.25. The number of carbonyl (C=O) groups excluding carboxylic acids is 1. The molecule has 0 N–H and O–H groups in total. The molecule has 2 aromatic heterocycles. The highest BCUT2D eigenvalue weighted by molar-refractivity contribution is 7.08. The van der Waals surface area contributed by atoms with Crippen LogP contribution in [-0.4, -0.2) is 16.1 Å². The largest absolute Gasteiger partial charge is 0.550 e. The number of nitrogens with zero attached hydrogens (tertiary/aromatic N) is 2. The normalized spacial score (nSPS) is 11.6. The number of aromatic nitrogens is 2. The molecule has 0 spiro atoms. The molecule has 0 unspecified atom stereocenters. The number of carbonyl (C=O) groups is 1. The van der Waals surface area contributed by atoms with Crippen molar-refractivity contribution in [2.45, 2.75) is 6.42 Å². The number of aliphatic carboxylic acids is 1. The molecule has 1 aromatic carbocycles. The van der Waals surface area contributed by atoms with Gasteiger partial charge in [-0.1, -0.05) is 28.9 Å². The van der Waals surface area contributed by atoms with Crippen molar-refractivity contribution < 1.29 is 14.4 Å². The second kappa shape index (κ2) is 6.76. The van der Waals surface area contributed by atoms with Crippen LogP contribution in [0.1, 0.15) is 17.9 Å². The predicted molar refractivity (Wildman–Crippen MR) is 86.6 cm³/mol. The summed E-state index contributed by atoms with van der Waals surface area (Å²) in [5, 5.41) is 19.3. The molecule has 0 aliphatic carbocycles. The molecule has 5 nitrogen and oxygen atoms in total. The number of hydrogen-bond donors (Lipinski definition) is 0. The topological polar surface area (TPSA) is 79.0 Å². The van der Waals surface area contributed by atoms with Gasteiger partial charge in [-0.3, -0.25) is 0 Å². The minimum absolute atomic E-state index is 0.158. The zero-order valence-electron chi connectivity index (χ0n) is 11.7. The third kappa shape index (κ3) is 3.85. The van der Waals surface area contributed by atoms with Gasteiger partial charge in [0.2, 0.25) is 5.82 Å². The lowest BCUT2D eigenvalue weighted by molar-refractivity contribution is -0.304. The standard InChI is InChI=1S/C16H11ClN2O3S/c17-13-3-1-10(2-4-13)7-12(8-14(20)21)16-18-15(19-22-16)11-5-6-23-9-11/h1-7,9H,8H2,(H,20,21)/p-1/b12-7+. The molecule has 2 heterocycles. The molecule has 3 aromatic rings. The first kappa shape index (κ1) is 15.5. The fourth-order valence-corrected chi connectivity index (χ4v) is 2.73. The summed E-state index contributed by atoms with van der Waals surface area (Å²) in [4.78, 5) is 15.3. The van der Waals surface area contributed by atoms with Gasteiger partial charge in [-0.15, -0.1) is 0 Å². The number of carboxylic acids is 1. The van der Waals surface area contributed by atoms with Crippen LogP contribution in [0.2, 0.25) is 5.02 Å². The van der Waals surface area contributed by atoms with E-state index >= 15 is 0 Å². The molecule has 0 fully saturated rings. The Bertz CT molecular complexity index is 839. The molecule has 23 heavy (non-hydrogen) atoms. The van der Waals surface area contributed by atoms with Crippen LogP contribution in [0.3, 0.4) is 0 Å². The monoisotopic (exact) mass is 345 g/mol. The minimum Gasteiger partial charge on any atom is -0.550 e. The van der Waals surface area contributed by atoms with E-state index in [2.05, 4.69) is 10.1 Å². The zero-order chi connectivity index (χ0) is 16.2. The molecule has 0 amide bonds. The molecule has 7 heteroatoms. The third-order valence-corrected chi connectivity index (χ3v) is 3.96. The summed E-state index contributed by atoms with van der Waals surface area (Å²) in [6.45, 7) is 0. The number of carboxylic acid groups (broad SMARTS) is 1. The maximum Gasteiger partial charge on any atom is 0.254 e. The van der Waals surface area contributed by atoms with Gasteiger partial charge in [0.15, 0.2) is 0 Å². The van der Waals surface area contributed by atoms with Crippen LogP contribution in [0.15, 0.2) is 45.6 Å². The number of hydrogen-bond acceptors (Lipinski definition) is 6. The van der Waals surface area contributed by atoms with Gasteiger partial charge in [-0.05, 0) is 35.2 Å². The first-order valence-corrected chi connectivity index (χ1v) is 7.96. The van der Waals surface area contributed by atoms with Crippen molar-refractivity contribution >= 4 is 40.6 Å². The number of rotatable bonds is 5. The van der Waals surface area contributed by atoms with Gasteiger partial charge in [0.05, 0.1) is 0 Å². The Balaban J connectivity index is 1.96. The van der Waals surface area contributed by atoms with E-state index in [0.29, 0.717) is 16.4 Å². The zero-order valence-corrected chi connectivity index (χ0v) is 13.3. The van der Waals surface area contributed by atoms with Crippen LogP contribution in [-0.2, 0) is 4.79 Å². The van der Waals surface area contributed by atoms with Crippen molar-refractivity contribution in [3.63, 3.8) is 0 Å². The van der Waals surface area contributed by atoms with Gasteiger partial charge in [0.1, 0.15) is 0 Å². The summed E-state index contributed by atoms with van der Waals surface area (Å²) in [7, 11) is 0. The summed E-state index contributed by atoms with van der Waals surface area (Å²) >= 11 is 7.36. The smallest absolute Gasteiger partial charge is 0.254 e. The minimum atomic E-state index is -1.22. The van der Waals surface area contributed by atoms with Crippen molar-refractivity contribution in [3.05, 3.63) is 57.6 Å². The summed E-state index contributed by atoms with van der Waals surface area (Å²) in [5.74, 6) is -0.646. The van der Waals surface area contributed by atoms with E-state index in [4.69, 9.17) is 16.1 Å². The van der Waals surface area contributed by atoms with Crippen molar-refractivity contribution in [2.75, 3.05) is 0 Å². The third-order valence-electron chi connectivity index (χ3n) is 3.03. The Morgan fingerprint density at radius 2 is 2.09 bits per heavy atom. The maximum atomic E-state index is 11.0. The molecule has 3 rings (SSSR count). The number of thiophene rings is 1. The van der Waals surface area contributed by atoms with E-state index < -0.39 is 5.97 Å². The number of halogens is 1. The van der Waals surface area contributed by atoms with Gasteiger partial charge in [-0.2, -0.15) is 16.3 Å².